The van der Waals surface area contributed by atoms with E-state index >= 15 is 0 Å². The van der Waals surface area contributed by atoms with E-state index in [0.717, 1.165) is 24.8 Å². The molecule has 2 aliphatic rings. The van der Waals surface area contributed by atoms with Gasteiger partial charge in [0.25, 0.3) is 0 Å². The van der Waals surface area contributed by atoms with Gasteiger partial charge in [0.2, 0.25) is 15.9 Å². The van der Waals surface area contributed by atoms with Crippen LogP contribution >= 0.6 is 23.4 Å². The molecule has 0 saturated carbocycles. The molecule has 13 heteroatoms. The van der Waals surface area contributed by atoms with Gasteiger partial charge in [-0.25, -0.2) is 13.1 Å². The summed E-state index contributed by atoms with van der Waals surface area (Å²) in [6, 6.07) is 5.50. The smallest absolute Gasteiger partial charge is 0.240 e. The van der Waals surface area contributed by atoms with Crippen LogP contribution in [0.1, 0.15) is 44.6 Å². The lowest BCUT2D eigenvalue weighted by Gasteiger charge is -2.44. The number of aryl methyl sites for hydroxylation is 1. The summed E-state index contributed by atoms with van der Waals surface area (Å²) < 4.78 is 33.5. The van der Waals surface area contributed by atoms with Crippen LogP contribution < -0.4 is 15.4 Å². The zero-order valence-electron chi connectivity index (χ0n) is 22.6. The van der Waals surface area contributed by atoms with Crippen molar-refractivity contribution in [1.82, 2.24) is 15.4 Å². The minimum absolute atomic E-state index is 0.256. The maximum Gasteiger partial charge on any atom is 0.240 e. The highest BCUT2D eigenvalue weighted by molar-refractivity contribution is 7.99. The molecule has 0 aliphatic carbocycles. The number of nitrogens with one attached hydrogen (secondary N) is 3. The van der Waals surface area contributed by atoms with Gasteiger partial charge in [0.05, 0.1) is 22.4 Å². The highest BCUT2D eigenvalue weighted by Crippen LogP contribution is 2.30. The van der Waals surface area contributed by atoms with Crippen LogP contribution in [0.15, 0.2) is 29.2 Å². The van der Waals surface area contributed by atoms with Gasteiger partial charge in [0, 0.05) is 6.54 Å². The van der Waals surface area contributed by atoms with E-state index in [1.807, 2.05) is 6.92 Å². The van der Waals surface area contributed by atoms with Crippen molar-refractivity contribution in [3.8, 4) is 0 Å². The first kappa shape index (κ1) is 32.6. The van der Waals surface area contributed by atoms with Crippen molar-refractivity contribution in [2.24, 2.45) is 5.92 Å². The number of aliphatic hydroxyl groups excluding tert-OH is 3. The molecule has 10 nitrogen and oxygen atoms in total. The van der Waals surface area contributed by atoms with E-state index in [-0.39, 0.29) is 10.8 Å². The van der Waals surface area contributed by atoms with E-state index < -0.39 is 57.3 Å². The van der Waals surface area contributed by atoms with Gasteiger partial charge in [0.15, 0.2) is 0 Å². The molecule has 0 spiro atoms. The molecule has 6 N–H and O–H groups in total. The Hall–Kier alpha value is -0.960. The maximum atomic E-state index is 13.2. The van der Waals surface area contributed by atoms with Crippen molar-refractivity contribution in [2.75, 3.05) is 19.3 Å². The molecule has 0 bridgehead atoms. The van der Waals surface area contributed by atoms with Crippen LogP contribution in [0, 0.1) is 12.8 Å². The fraction of sp³-hybridized carbons (Fsp3) is 0.731. The van der Waals surface area contributed by atoms with E-state index in [9.17, 15) is 28.5 Å². The second-order valence-electron chi connectivity index (χ2n) is 10.5. The summed E-state index contributed by atoms with van der Waals surface area (Å²) in [6.07, 6.45) is 0.444. The van der Waals surface area contributed by atoms with E-state index in [1.165, 1.54) is 11.8 Å². The first-order valence-electron chi connectivity index (χ1n) is 13.4. The van der Waals surface area contributed by atoms with Crippen molar-refractivity contribution in [3.63, 3.8) is 0 Å². The largest absolute Gasteiger partial charge is 0.388 e. The van der Waals surface area contributed by atoms with Crippen LogP contribution in [0.3, 0.4) is 0 Å². The average molecular weight is 608 g/mol. The topological polar surface area (TPSA) is 157 Å². The molecule has 2 fully saturated rings. The van der Waals surface area contributed by atoms with Gasteiger partial charge in [-0.05, 0) is 76.8 Å². The normalized spacial score (nSPS) is 31.7. The van der Waals surface area contributed by atoms with Gasteiger partial charge in [-0.15, -0.1) is 23.4 Å². The number of hydrogen-bond donors (Lipinski definition) is 6. The van der Waals surface area contributed by atoms with Gasteiger partial charge in [-0.2, -0.15) is 0 Å². The molecule has 2 unspecified atom stereocenters. The number of alkyl halides is 1. The molecule has 2 saturated heterocycles. The Balaban J connectivity index is 1.48. The number of amides is 1. The number of sulfonamides is 1. The van der Waals surface area contributed by atoms with Crippen LogP contribution in [-0.4, -0.2) is 96.3 Å². The number of benzene rings is 1. The molecule has 39 heavy (non-hydrogen) atoms. The Labute approximate surface area is 240 Å². The summed E-state index contributed by atoms with van der Waals surface area (Å²) in [6.45, 7) is 4.57. The molecular formula is C26H42ClN3O7S2. The lowest BCUT2D eigenvalue weighted by Crippen LogP contribution is -2.65. The molecule has 0 aromatic heterocycles. The summed E-state index contributed by atoms with van der Waals surface area (Å²) >= 11 is 7.58. The highest BCUT2D eigenvalue weighted by Gasteiger charge is 2.48. The predicted molar refractivity (Wildman–Crippen MR) is 152 cm³/mol. The number of carbonyl (C=O) groups is 1. The van der Waals surface area contributed by atoms with Crippen molar-refractivity contribution < 1.29 is 33.3 Å². The molecule has 9 atom stereocenters. The molecule has 2 heterocycles. The zero-order chi connectivity index (χ0) is 28.7. The van der Waals surface area contributed by atoms with E-state index in [1.54, 1.807) is 37.4 Å². The van der Waals surface area contributed by atoms with E-state index in [4.69, 9.17) is 16.3 Å². The number of thioether (sulfide) groups is 1. The standard InChI is InChI=1S/C26H42ClN3O7S2/c1-15-6-9-18(10-7-15)39(35,36)29-13-4-5-17-8-11-19(28-14-12-17)25(34)30-20(16(2)27)24-22(32)21(31)23(33)26(37-24)38-3/h6-7,9-10,16-17,19-24,26,28-29,31-33H,4-5,8,11-14H2,1-3H3,(H,30,34)/t16-,17-,19-,20+,21?,22-,23+,24+,26?/m0/s1. The molecule has 0 radical (unpaired) electrons. The third kappa shape index (κ3) is 8.76. The number of hydrogen-bond acceptors (Lipinski definition) is 9. The second kappa shape index (κ2) is 14.8. The van der Waals surface area contributed by atoms with Crippen LogP contribution in [0.2, 0.25) is 0 Å². The van der Waals surface area contributed by atoms with Gasteiger partial charge in [-0.3, -0.25) is 4.79 Å². The summed E-state index contributed by atoms with van der Waals surface area (Å²) in [7, 11) is -3.54. The number of rotatable bonds is 11. The third-order valence-electron chi connectivity index (χ3n) is 7.53. The third-order valence-corrected chi connectivity index (χ3v) is 10.1. The van der Waals surface area contributed by atoms with Gasteiger partial charge < -0.3 is 30.7 Å². The van der Waals surface area contributed by atoms with Crippen molar-refractivity contribution in [2.45, 2.75) is 98.2 Å². The lowest BCUT2D eigenvalue weighted by molar-refractivity contribution is -0.205. The Morgan fingerprint density at radius 3 is 2.49 bits per heavy atom. The molecule has 1 aromatic carbocycles. The van der Waals surface area contributed by atoms with Gasteiger partial charge in [-0.1, -0.05) is 17.7 Å². The first-order valence-corrected chi connectivity index (χ1v) is 16.6. The Morgan fingerprint density at radius 1 is 1.15 bits per heavy atom. The van der Waals surface area contributed by atoms with Crippen molar-refractivity contribution in [1.29, 1.82) is 0 Å². The minimum atomic E-state index is -3.54. The fourth-order valence-electron chi connectivity index (χ4n) is 5.11. The van der Waals surface area contributed by atoms with Crippen LogP contribution in [0.25, 0.3) is 0 Å². The predicted octanol–water partition coefficient (Wildman–Crippen LogP) is 1.09. The molecule has 222 valence electrons. The zero-order valence-corrected chi connectivity index (χ0v) is 25.0. The number of ether oxygens (including phenoxy) is 1. The average Bonchev–Trinajstić information content (AvgIpc) is 3.15. The minimum Gasteiger partial charge on any atom is -0.388 e. The van der Waals surface area contributed by atoms with Crippen LogP contribution in [0.5, 0.6) is 0 Å². The molecule has 1 amide bonds. The monoisotopic (exact) mass is 607 g/mol. The Morgan fingerprint density at radius 2 is 1.85 bits per heavy atom. The molecule has 2 aliphatic heterocycles. The maximum absolute atomic E-state index is 13.2. The summed E-state index contributed by atoms with van der Waals surface area (Å²) in [4.78, 5) is 13.4. The number of halogens is 1. The fourth-order valence-corrected chi connectivity index (χ4v) is 7.07. The van der Waals surface area contributed by atoms with Gasteiger partial charge >= 0.3 is 0 Å². The van der Waals surface area contributed by atoms with Crippen LogP contribution in [0.4, 0.5) is 0 Å². The quantitative estimate of drug-likeness (QED) is 0.160. The summed E-state index contributed by atoms with van der Waals surface area (Å²) in [5.74, 6) is 0.0838. The Kier molecular flexibility index (Phi) is 12.3. The second-order valence-corrected chi connectivity index (χ2v) is 13.9. The van der Waals surface area contributed by atoms with E-state index in [2.05, 4.69) is 15.4 Å². The SMILES string of the molecule is CSC1O[C@H]([C@H](NC(=O)[C@@H]2CC[C@H](CCCNS(=O)(=O)c3ccc(C)cc3)CCN2)[C@H](C)Cl)[C@@H](O)C(O)[C@H]1O. The van der Waals surface area contributed by atoms with Gasteiger partial charge in [0.1, 0.15) is 29.9 Å². The lowest BCUT2D eigenvalue weighted by atomic mass is 9.92. The Bertz CT molecular complexity index is 1030. The highest BCUT2D eigenvalue weighted by atomic mass is 35.5. The van der Waals surface area contributed by atoms with Crippen molar-refractivity contribution >= 4 is 39.3 Å². The number of aliphatic hydroxyl groups is 3. The molecule has 3 rings (SSSR count). The molecular weight excluding hydrogens is 566 g/mol. The van der Waals surface area contributed by atoms with E-state index in [0.29, 0.717) is 31.8 Å². The number of carbonyl (C=O) groups excluding carboxylic acids is 1. The van der Waals surface area contributed by atoms with Crippen LogP contribution in [-0.2, 0) is 19.6 Å². The summed E-state index contributed by atoms with van der Waals surface area (Å²) in [5, 5.41) is 36.6. The molecule has 1 aromatic rings. The van der Waals surface area contributed by atoms with Crippen molar-refractivity contribution in [3.05, 3.63) is 29.8 Å². The summed E-state index contributed by atoms with van der Waals surface area (Å²) in [5.41, 5.74) is 0.236. The first-order chi connectivity index (χ1) is 18.4.